The van der Waals surface area contributed by atoms with E-state index in [1.807, 2.05) is 55.7 Å². The first-order chi connectivity index (χ1) is 28.9. The average molecular weight is 866 g/mol. The van der Waals surface area contributed by atoms with Gasteiger partial charge in [0.1, 0.15) is 35.8 Å². The topological polar surface area (TPSA) is 206 Å². The third-order valence-corrected chi connectivity index (χ3v) is 12.9. The van der Waals surface area contributed by atoms with Gasteiger partial charge in [0.2, 0.25) is 17.7 Å². The standard InChI is InChI=1S/C45H57F2N5O8S/c1-45(2,3)42(36-20-30(32-21-31(46)13-14-33(32)47)24-50(36)23-27-8-5-4-6-9-27)51(41(57)25-53)17-15-34(48)38(55)19-28-11-12-29(18-28)37(54)10-7-16-52-40(56)22-39(43(52)58)61-26-35(49)44(59)60/h4-6,8-9,13-14,20-21,24,28-29,34-35,39,42,53H,7,10-12,15-19,22-23,25-26,48-49H2,1-3H3,(H,59,60)/t28-,29+,34-,35-,39?,42-/m0/s1. The predicted octanol–water partition coefficient (Wildman–Crippen LogP) is 5.10. The number of aliphatic hydroxyl groups is 1. The maximum Gasteiger partial charge on any atom is 0.321 e. The first kappa shape index (κ1) is 47.3. The number of carbonyl (C=O) groups excluding carboxylic acids is 5. The minimum Gasteiger partial charge on any atom is -0.480 e. The molecule has 2 aliphatic rings. The maximum atomic E-state index is 15.1. The van der Waals surface area contributed by atoms with Crippen LogP contribution in [0.1, 0.15) is 89.4 Å². The zero-order valence-corrected chi connectivity index (χ0v) is 35.8. The molecule has 6 atom stereocenters. The molecule has 5 rings (SSSR count). The van der Waals surface area contributed by atoms with Crippen LogP contribution in [0, 0.1) is 28.9 Å². The second-order valence-corrected chi connectivity index (χ2v) is 18.5. The molecule has 330 valence electrons. The van der Waals surface area contributed by atoms with E-state index in [1.165, 1.54) is 4.90 Å². The summed E-state index contributed by atoms with van der Waals surface area (Å²) in [5.74, 6) is -4.28. The van der Waals surface area contributed by atoms with Crippen molar-refractivity contribution in [3.05, 3.63) is 83.7 Å². The molecule has 0 radical (unpaired) electrons. The Morgan fingerprint density at radius 2 is 1.72 bits per heavy atom. The monoisotopic (exact) mass is 865 g/mol. The molecule has 0 spiro atoms. The van der Waals surface area contributed by atoms with Gasteiger partial charge in [0.15, 0.2) is 0 Å². The molecule has 3 amide bonds. The van der Waals surface area contributed by atoms with Crippen molar-refractivity contribution in [2.24, 2.45) is 28.7 Å². The molecular formula is C45H57F2N5O8S. The number of likely N-dealkylation sites (tertiary alicyclic amines) is 1. The van der Waals surface area contributed by atoms with Crippen LogP contribution in [-0.2, 0) is 35.3 Å². The number of carbonyl (C=O) groups is 6. The van der Waals surface area contributed by atoms with Gasteiger partial charge in [-0.2, -0.15) is 0 Å². The Morgan fingerprint density at radius 1 is 1.00 bits per heavy atom. The third kappa shape index (κ3) is 12.2. The van der Waals surface area contributed by atoms with Crippen molar-refractivity contribution in [3.63, 3.8) is 0 Å². The Hall–Kier alpha value is -4.77. The first-order valence-corrected chi connectivity index (χ1v) is 21.8. The average Bonchev–Trinajstić information content (AvgIpc) is 3.92. The number of imide groups is 1. The van der Waals surface area contributed by atoms with Crippen LogP contribution >= 0.6 is 11.8 Å². The van der Waals surface area contributed by atoms with Crippen LogP contribution in [0.4, 0.5) is 8.78 Å². The van der Waals surface area contributed by atoms with Crippen molar-refractivity contribution in [1.82, 2.24) is 14.4 Å². The number of benzene rings is 2. The van der Waals surface area contributed by atoms with Crippen LogP contribution in [0.15, 0.2) is 60.8 Å². The number of aliphatic hydroxyl groups excluding tert-OH is 1. The fraction of sp³-hybridized carbons (Fsp3) is 0.511. The molecule has 6 N–H and O–H groups in total. The molecule has 3 aromatic rings. The maximum absolute atomic E-state index is 15.1. The van der Waals surface area contributed by atoms with E-state index in [0.717, 1.165) is 40.4 Å². The zero-order chi connectivity index (χ0) is 44.6. The summed E-state index contributed by atoms with van der Waals surface area (Å²) in [5.41, 5.74) is 13.4. The van der Waals surface area contributed by atoms with E-state index in [9.17, 15) is 38.3 Å². The SMILES string of the molecule is CC(C)(C)[C@H](c1cc(-c2cc(F)ccc2F)cn1Cc1ccccc1)N(CC[C@H](N)C(=O)C[C@H]1CC[C@@H](C(=O)CCCN2C(=O)CC(SC[C@H](N)C(=O)O)C2=O)C1)C(=O)CO. The van der Waals surface area contributed by atoms with Gasteiger partial charge in [-0.05, 0) is 73.3 Å². The summed E-state index contributed by atoms with van der Waals surface area (Å²) in [6.45, 7) is 5.48. The normalized spacial score (nSPS) is 19.5. The summed E-state index contributed by atoms with van der Waals surface area (Å²) in [6.07, 6.45) is 4.17. The summed E-state index contributed by atoms with van der Waals surface area (Å²) < 4.78 is 31.4. The predicted molar refractivity (Wildman–Crippen MR) is 227 cm³/mol. The number of amides is 3. The van der Waals surface area contributed by atoms with Gasteiger partial charge in [-0.3, -0.25) is 33.7 Å². The number of Topliss-reactive ketones (excluding diaryl/α,β-unsaturated/α-hetero) is 2. The smallest absolute Gasteiger partial charge is 0.321 e. The molecule has 16 heteroatoms. The van der Waals surface area contributed by atoms with Gasteiger partial charge < -0.3 is 31.1 Å². The second kappa shape index (κ2) is 20.9. The number of rotatable bonds is 21. The van der Waals surface area contributed by atoms with Gasteiger partial charge >= 0.3 is 5.97 Å². The summed E-state index contributed by atoms with van der Waals surface area (Å²) in [6, 6.07) is 11.8. The number of carboxylic acid groups (broad SMARTS) is 1. The highest BCUT2D eigenvalue weighted by Gasteiger charge is 2.40. The van der Waals surface area contributed by atoms with Gasteiger partial charge in [-0.25, -0.2) is 8.78 Å². The lowest BCUT2D eigenvalue weighted by Crippen LogP contribution is -2.46. The van der Waals surface area contributed by atoms with E-state index < -0.39 is 64.8 Å². The molecule has 61 heavy (non-hydrogen) atoms. The van der Waals surface area contributed by atoms with Crippen molar-refractivity contribution in [2.45, 2.75) is 102 Å². The molecule has 1 aromatic heterocycles. The Balaban J connectivity index is 1.20. The minimum atomic E-state index is -1.19. The molecular weight excluding hydrogens is 809 g/mol. The van der Waals surface area contributed by atoms with Crippen molar-refractivity contribution in [3.8, 4) is 11.1 Å². The Morgan fingerprint density at radius 3 is 2.39 bits per heavy atom. The number of halogens is 2. The van der Waals surface area contributed by atoms with Gasteiger partial charge in [0.25, 0.3) is 0 Å². The van der Waals surface area contributed by atoms with E-state index in [4.69, 9.17) is 16.6 Å². The molecule has 1 aliphatic carbocycles. The van der Waals surface area contributed by atoms with E-state index in [1.54, 1.807) is 12.3 Å². The first-order valence-electron chi connectivity index (χ1n) is 20.7. The number of hydrogen-bond donors (Lipinski definition) is 4. The number of aromatic nitrogens is 1. The lowest BCUT2D eigenvalue weighted by Gasteiger charge is -2.41. The Bertz CT molecular complexity index is 2070. The van der Waals surface area contributed by atoms with E-state index in [0.29, 0.717) is 43.5 Å². The summed E-state index contributed by atoms with van der Waals surface area (Å²) >= 11 is 1.04. The van der Waals surface area contributed by atoms with Gasteiger partial charge in [-0.15, -0.1) is 11.8 Å². The van der Waals surface area contributed by atoms with Crippen LogP contribution in [0.3, 0.4) is 0 Å². The highest BCUT2D eigenvalue weighted by atomic mass is 32.2. The lowest BCUT2D eigenvalue weighted by atomic mass is 9.82. The number of carboxylic acids is 1. The zero-order valence-electron chi connectivity index (χ0n) is 34.9. The summed E-state index contributed by atoms with van der Waals surface area (Å²) in [5, 5.41) is 18.5. The molecule has 1 saturated heterocycles. The Kier molecular flexibility index (Phi) is 16.2. The lowest BCUT2D eigenvalue weighted by molar-refractivity contribution is -0.140. The van der Waals surface area contributed by atoms with Crippen molar-refractivity contribution in [2.75, 3.05) is 25.4 Å². The molecule has 1 saturated carbocycles. The number of thioether (sulfide) groups is 1. The fourth-order valence-electron chi connectivity index (χ4n) is 8.45. The molecule has 2 fully saturated rings. The highest BCUT2D eigenvalue weighted by molar-refractivity contribution is 8.00. The van der Waals surface area contributed by atoms with E-state index >= 15 is 4.39 Å². The van der Waals surface area contributed by atoms with Crippen LogP contribution in [0.2, 0.25) is 0 Å². The number of ketones is 2. The molecule has 0 bridgehead atoms. The molecule has 1 aliphatic heterocycles. The largest absolute Gasteiger partial charge is 0.480 e. The number of nitrogens with two attached hydrogens (primary N) is 2. The minimum absolute atomic E-state index is 0.00288. The van der Waals surface area contributed by atoms with E-state index in [-0.39, 0.29) is 79.4 Å². The second-order valence-electron chi connectivity index (χ2n) is 17.3. The fourth-order valence-corrected chi connectivity index (χ4v) is 9.57. The van der Waals surface area contributed by atoms with Crippen LogP contribution in [0.5, 0.6) is 0 Å². The van der Waals surface area contributed by atoms with Gasteiger partial charge in [-0.1, -0.05) is 51.1 Å². The van der Waals surface area contributed by atoms with Crippen LogP contribution < -0.4 is 11.5 Å². The van der Waals surface area contributed by atoms with Crippen LogP contribution in [0.25, 0.3) is 11.1 Å². The van der Waals surface area contributed by atoms with Crippen LogP contribution in [-0.4, -0.2) is 103 Å². The quantitative estimate of drug-likeness (QED) is 0.104. The molecule has 13 nitrogen and oxygen atoms in total. The van der Waals surface area contributed by atoms with Gasteiger partial charge in [0.05, 0.1) is 17.3 Å². The molecule has 2 heterocycles. The van der Waals surface area contributed by atoms with Crippen molar-refractivity contribution in [1.29, 1.82) is 0 Å². The summed E-state index contributed by atoms with van der Waals surface area (Å²) in [4.78, 5) is 79.2. The van der Waals surface area contributed by atoms with Crippen molar-refractivity contribution >= 4 is 47.0 Å². The number of hydrogen-bond acceptors (Lipinski definition) is 10. The molecule has 1 unspecified atom stereocenters. The molecule has 2 aromatic carbocycles. The number of nitrogens with zero attached hydrogens (tertiary/aromatic N) is 3. The summed E-state index contributed by atoms with van der Waals surface area (Å²) in [7, 11) is 0. The number of aliphatic carboxylic acids is 1. The third-order valence-electron chi connectivity index (χ3n) is 11.6. The highest BCUT2D eigenvalue weighted by Crippen LogP contribution is 2.42. The van der Waals surface area contributed by atoms with E-state index in [2.05, 4.69) is 0 Å². The Labute approximate surface area is 359 Å². The van der Waals surface area contributed by atoms with Gasteiger partial charge in [0, 0.05) is 73.6 Å². The van der Waals surface area contributed by atoms with Crippen molar-refractivity contribution < 1.29 is 47.8 Å².